The minimum absolute atomic E-state index is 0.0739. The van der Waals surface area contributed by atoms with Gasteiger partial charge in [0.1, 0.15) is 5.69 Å². The Bertz CT molecular complexity index is 656. The Labute approximate surface area is 114 Å². The topological polar surface area (TPSA) is 79.9 Å². The van der Waals surface area contributed by atoms with Crippen LogP contribution in [0, 0.1) is 22.9 Å². The van der Waals surface area contributed by atoms with Crippen LogP contribution in [0.2, 0.25) is 0 Å². The molecule has 0 bridgehead atoms. The Morgan fingerprint density at radius 3 is 2.50 bits per heavy atom. The maximum atomic E-state index is 13.5. The van der Waals surface area contributed by atoms with Crippen molar-refractivity contribution in [2.24, 2.45) is 10.3 Å². The molecular formula is C13H11FN4O2. The molecule has 6 nitrogen and oxygen atoms in total. The van der Waals surface area contributed by atoms with Crippen molar-refractivity contribution in [3.8, 4) is 0 Å². The Balaban J connectivity index is 2.08. The summed E-state index contributed by atoms with van der Waals surface area (Å²) in [6.07, 6.45) is 0. The number of hydrogen-bond donors (Lipinski definition) is 1. The minimum atomic E-state index is -0.798. The summed E-state index contributed by atoms with van der Waals surface area (Å²) in [6.45, 7) is 1.96. The van der Waals surface area contributed by atoms with Crippen LogP contribution in [0.25, 0.3) is 0 Å². The van der Waals surface area contributed by atoms with Crippen LogP contribution >= 0.6 is 0 Å². The fourth-order valence-corrected chi connectivity index (χ4v) is 1.46. The van der Waals surface area contributed by atoms with Crippen LogP contribution < -0.4 is 5.43 Å². The van der Waals surface area contributed by atoms with Gasteiger partial charge >= 0.3 is 0 Å². The highest BCUT2D eigenvalue weighted by atomic mass is 19.1. The average molecular weight is 274 g/mol. The Hall–Kier alpha value is -2.83. The summed E-state index contributed by atoms with van der Waals surface area (Å²) in [5.74, 6) is -0.798. The fourth-order valence-electron chi connectivity index (χ4n) is 1.46. The number of hydrogen-bond acceptors (Lipinski definition) is 4. The van der Waals surface area contributed by atoms with Gasteiger partial charge in [0.05, 0.1) is 16.7 Å². The second kappa shape index (κ2) is 5.87. The number of nitro benzene ring substituents is 1. The Morgan fingerprint density at radius 2 is 1.90 bits per heavy atom. The summed E-state index contributed by atoms with van der Waals surface area (Å²) in [4.78, 5) is 9.79. The van der Waals surface area contributed by atoms with Crippen molar-refractivity contribution in [2.45, 2.75) is 6.92 Å². The van der Waals surface area contributed by atoms with E-state index in [0.717, 1.165) is 11.6 Å². The molecule has 0 amide bonds. The molecule has 0 spiro atoms. The van der Waals surface area contributed by atoms with E-state index in [4.69, 9.17) is 0 Å². The SMILES string of the molecule is Cc1ccc(NN=Nc2ccc([N+](=O)[O-])cc2F)cc1. The Kier molecular flexibility index (Phi) is 3.99. The lowest BCUT2D eigenvalue weighted by atomic mass is 10.2. The van der Waals surface area contributed by atoms with Gasteiger partial charge in [-0.25, -0.2) is 4.39 Å². The molecule has 0 aliphatic heterocycles. The van der Waals surface area contributed by atoms with Crippen LogP contribution in [0.5, 0.6) is 0 Å². The second-order valence-corrected chi connectivity index (χ2v) is 4.07. The smallest absolute Gasteiger partial charge is 0.260 e. The van der Waals surface area contributed by atoms with Crippen LogP contribution in [0.4, 0.5) is 21.5 Å². The molecule has 0 heterocycles. The highest BCUT2D eigenvalue weighted by Gasteiger charge is 2.09. The second-order valence-electron chi connectivity index (χ2n) is 4.07. The van der Waals surface area contributed by atoms with Crippen molar-refractivity contribution in [3.63, 3.8) is 0 Å². The van der Waals surface area contributed by atoms with Crippen LogP contribution in [0.3, 0.4) is 0 Å². The van der Waals surface area contributed by atoms with Gasteiger partial charge in [0.15, 0.2) is 5.82 Å². The quantitative estimate of drug-likeness (QED) is 0.516. The zero-order chi connectivity index (χ0) is 14.5. The van der Waals surface area contributed by atoms with Crippen LogP contribution in [0.1, 0.15) is 5.56 Å². The first-order chi connectivity index (χ1) is 9.56. The van der Waals surface area contributed by atoms with Gasteiger partial charge in [0.2, 0.25) is 0 Å². The number of nitrogens with one attached hydrogen (secondary N) is 1. The molecule has 2 aromatic rings. The first-order valence-corrected chi connectivity index (χ1v) is 5.73. The predicted molar refractivity (Wildman–Crippen MR) is 72.4 cm³/mol. The van der Waals surface area contributed by atoms with Gasteiger partial charge in [-0.05, 0) is 25.1 Å². The lowest BCUT2D eigenvalue weighted by molar-refractivity contribution is -0.385. The first kappa shape index (κ1) is 13.6. The van der Waals surface area contributed by atoms with E-state index in [9.17, 15) is 14.5 Å². The van der Waals surface area contributed by atoms with Crippen molar-refractivity contribution in [3.05, 3.63) is 64.0 Å². The van der Waals surface area contributed by atoms with Crippen molar-refractivity contribution < 1.29 is 9.31 Å². The van der Waals surface area contributed by atoms with Crippen LogP contribution in [-0.2, 0) is 0 Å². The number of aryl methyl sites for hydroxylation is 1. The molecule has 7 heteroatoms. The predicted octanol–water partition coefficient (Wildman–Crippen LogP) is 4.15. The third-order valence-electron chi connectivity index (χ3n) is 2.53. The van der Waals surface area contributed by atoms with E-state index in [2.05, 4.69) is 15.8 Å². The van der Waals surface area contributed by atoms with Crippen LogP contribution in [-0.4, -0.2) is 4.92 Å². The highest BCUT2D eigenvalue weighted by Crippen LogP contribution is 2.23. The summed E-state index contributed by atoms with van der Waals surface area (Å²) in [5, 5.41) is 17.7. The highest BCUT2D eigenvalue weighted by molar-refractivity contribution is 5.46. The zero-order valence-corrected chi connectivity index (χ0v) is 10.6. The molecule has 2 rings (SSSR count). The number of benzene rings is 2. The summed E-state index contributed by atoms with van der Waals surface area (Å²) >= 11 is 0. The molecule has 102 valence electrons. The molecular weight excluding hydrogens is 263 g/mol. The van der Waals surface area contributed by atoms with Crippen molar-refractivity contribution in [1.29, 1.82) is 0 Å². The van der Waals surface area contributed by atoms with Crippen molar-refractivity contribution >= 4 is 17.1 Å². The van der Waals surface area contributed by atoms with Gasteiger partial charge in [-0.3, -0.25) is 15.5 Å². The third kappa shape index (κ3) is 3.35. The zero-order valence-electron chi connectivity index (χ0n) is 10.6. The largest absolute Gasteiger partial charge is 0.272 e. The minimum Gasteiger partial charge on any atom is -0.260 e. The molecule has 0 aromatic heterocycles. The molecule has 0 unspecified atom stereocenters. The maximum Gasteiger partial charge on any atom is 0.272 e. The fraction of sp³-hybridized carbons (Fsp3) is 0.0769. The molecule has 2 aromatic carbocycles. The van der Waals surface area contributed by atoms with Crippen molar-refractivity contribution in [1.82, 2.24) is 0 Å². The summed E-state index contributed by atoms with van der Waals surface area (Å²) < 4.78 is 13.5. The summed E-state index contributed by atoms with van der Waals surface area (Å²) in [5.41, 5.74) is 4.06. The van der Waals surface area contributed by atoms with E-state index in [1.807, 2.05) is 19.1 Å². The van der Waals surface area contributed by atoms with E-state index >= 15 is 0 Å². The molecule has 0 radical (unpaired) electrons. The standard InChI is InChI=1S/C13H11FN4O2/c1-9-2-4-10(5-3-9)15-17-16-13-7-6-11(18(19)20)8-12(13)14/h2-8H,1H3,(H,15,16). The monoisotopic (exact) mass is 274 g/mol. The van der Waals surface area contributed by atoms with Gasteiger partial charge in [-0.1, -0.05) is 22.9 Å². The van der Waals surface area contributed by atoms with E-state index in [1.54, 1.807) is 12.1 Å². The summed E-state index contributed by atoms with van der Waals surface area (Å²) in [7, 11) is 0. The lowest BCUT2D eigenvalue weighted by Crippen LogP contribution is -1.89. The van der Waals surface area contributed by atoms with E-state index in [0.29, 0.717) is 5.69 Å². The average Bonchev–Trinajstić information content (AvgIpc) is 2.42. The number of rotatable bonds is 4. The number of nitrogens with zero attached hydrogens (tertiary/aromatic N) is 3. The molecule has 0 saturated heterocycles. The Morgan fingerprint density at radius 1 is 1.20 bits per heavy atom. The van der Waals surface area contributed by atoms with Gasteiger partial charge in [0.25, 0.3) is 5.69 Å². The van der Waals surface area contributed by atoms with E-state index < -0.39 is 10.7 Å². The number of anilines is 1. The number of non-ortho nitro benzene ring substituents is 1. The molecule has 0 aliphatic rings. The molecule has 0 aliphatic carbocycles. The molecule has 0 atom stereocenters. The summed E-state index contributed by atoms with van der Waals surface area (Å²) in [6, 6.07) is 10.6. The van der Waals surface area contributed by atoms with Gasteiger partial charge in [0, 0.05) is 6.07 Å². The number of halogens is 1. The van der Waals surface area contributed by atoms with E-state index in [-0.39, 0.29) is 11.4 Å². The van der Waals surface area contributed by atoms with Gasteiger partial charge in [-0.15, -0.1) is 5.11 Å². The normalized spacial score (nSPS) is 10.7. The van der Waals surface area contributed by atoms with Crippen molar-refractivity contribution in [2.75, 3.05) is 5.43 Å². The first-order valence-electron chi connectivity index (χ1n) is 5.73. The lowest BCUT2D eigenvalue weighted by Gasteiger charge is -1.99. The maximum absolute atomic E-state index is 13.5. The molecule has 0 fully saturated rings. The number of nitro groups is 1. The van der Waals surface area contributed by atoms with Gasteiger partial charge < -0.3 is 0 Å². The third-order valence-corrected chi connectivity index (χ3v) is 2.53. The van der Waals surface area contributed by atoms with E-state index in [1.165, 1.54) is 12.1 Å². The van der Waals surface area contributed by atoms with Crippen LogP contribution in [0.15, 0.2) is 52.8 Å². The molecule has 0 saturated carbocycles. The molecule has 20 heavy (non-hydrogen) atoms. The molecule has 1 N–H and O–H groups in total. The van der Waals surface area contributed by atoms with Gasteiger partial charge in [-0.2, -0.15) is 0 Å².